The molecule has 0 radical (unpaired) electrons. The van der Waals surface area contributed by atoms with Crippen LogP contribution in [-0.2, 0) is 4.79 Å². The molecule has 0 bridgehead atoms. The number of carboxylic acids is 1. The Morgan fingerprint density at radius 3 is 2.58 bits per heavy atom. The van der Waals surface area contributed by atoms with Gasteiger partial charge in [0.1, 0.15) is 0 Å². The molecule has 2 fully saturated rings. The lowest BCUT2D eigenvalue weighted by molar-refractivity contribution is -0.154. The van der Waals surface area contributed by atoms with Crippen LogP contribution < -0.4 is 19.7 Å². The largest absolute Gasteiger partial charge is 0.476 e. The van der Waals surface area contributed by atoms with Gasteiger partial charge in [0, 0.05) is 37.9 Å². The van der Waals surface area contributed by atoms with E-state index in [-0.39, 0.29) is 0 Å². The molecule has 0 amide bonds. The Balaban J connectivity index is 1.27. The predicted molar refractivity (Wildman–Crippen MR) is 98.0 cm³/mol. The zero-order valence-corrected chi connectivity index (χ0v) is 15.0. The molecule has 3 heterocycles. The number of ether oxygens (including phenoxy) is 2. The third kappa shape index (κ3) is 3.88. The van der Waals surface area contributed by atoms with Gasteiger partial charge in [-0.15, -0.1) is 0 Å². The van der Waals surface area contributed by atoms with Crippen molar-refractivity contribution >= 4 is 11.7 Å². The normalized spacial score (nSPS) is 24.0. The van der Waals surface area contributed by atoms with Crippen LogP contribution in [-0.4, -0.2) is 68.1 Å². The van der Waals surface area contributed by atoms with Gasteiger partial charge in [-0.05, 0) is 56.9 Å². The number of anilines is 1. The fourth-order valence-electron chi connectivity index (χ4n) is 4.00. The molecule has 1 atom stereocenters. The minimum absolute atomic E-state index is 0.502. The first-order chi connectivity index (χ1) is 12.7. The van der Waals surface area contributed by atoms with E-state index < -0.39 is 12.3 Å². The number of benzene rings is 1. The first kappa shape index (κ1) is 17.4. The topological polar surface area (TPSA) is 74.3 Å². The van der Waals surface area contributed by atoms with Crippen molar-refractivity contribution < 1.29 is 19.4 Å². The summed E-state index contributed by atoms with van der Waals surface area (Å²) in [4.78, 5) is 15.9. The molecule has 0 saturated carbocycles. The van der Waals surface area contributed by atoms with E-state index in [0.29, 0.717) is 11.5 Å². The number of nitrogens with zero attached hydrogens (tertiary/aromatic N) is 2. The number of piperidine rings is 1. The summed E-state index contributed by atoms with van der Waals surface area (Å²) in [6.45, 7) is 7.63. The molecule has 3 aliphatic rings. The van der Waals surface area contributed by atoms with Crippen LogP contribution >= 0.6 is 0 Å². The molecule has 3 aliphatic heterocycles. The van der Waals surface area contributed by atoms with Crippen molar-refractivity contribution in [2.24, 2.45) is 5.92 Å². The van der Waals surface area contributed by atoms with Crippen molar-refractivity contribution in [3.8, 4) is 11.5 Å². The van der Waals surface area contributed by atoms with Crippen molar-refractivity contribution in [1.82, 2.24) is 10.2 Å². The molecule has 26 heavy (non-hydrogen) atoms. The van der Waals surface area contributed by atoms with Crippen molar-refractivity contribution in [3.63, 3.8) is 0 Å². The second-order valence-corrected chi connectivity index (χ2v) is 7.35. The van der Waals surface area contributed by atoms with Crippen LogP contribution in [0.1, 0.15) is 19.3 Å². The van der Waals surface area contributed by atoms with Gasteiger partial charge in [0.15, 0.2) is 11.5 Å². The lowest BCUT2D eigenvalue weighted by atomic mass is 9.94. The standard InChI is InChI=1S/C19H27N3O4/c23-18(24)19-25-16-2-1-15(13-17(16)26-19)22-11-9-21(10-12-22)8-5-14-3-6-20-7-4-14/h1-2,13-14,19-20H,3-12H2,(H,23,24). The van der Waals surface area contributed by atoms with Gasteiger partial charge in [-0.3, -0.25) is 4.90 Å². The summed E-state index contributed by atoms with van der Waals surface area (Å²) in [5.41, 5.74) is 1.07. The van der Waals surface area contributed by atoms with Gasteiger partial charge in [0.05, 0.1) is 0 Å². The molecule has 0 spiro atoms. The highest BCUT2D eigenvalue weighted by molar-refractivity contribution is 5.73. The van der Waals surface area contributed by atoms with Crippen molar-refractivity contribution in [1.29, 1.82) is 0 Å². The number of piperazine rings is 1. The van der Waals surface area contributed by atoms with Gasteiger partial charge >= 0.3 is 12.3 Å². The maximum Gasteiger partial charge on any atom is 0.387 e. The number of nitrogens with one attached hydrogen (secondary N) is 1. The summed E-state index contributed by atoms with van der Waals surface area (Å²) in [6, 6.07) is 5.68. The molecule has 1 aromatic rings. The fraction of sp³-hybridized carbons (Fsp3) is 0.632. The van der Waals surface area contributed by atoms with Crippen molar-refractivity contribution in [2.45, 2.75) is 25.6 Å². The molecule has 0 aromatic heterocycles. The summed E-state index contributed by atoms with van der Waals surface area (Å²) in [5.74, 6) is 0.792. The van der Waals surface area contributed by atoms with Crippen LogP contribution in [0.2, 0.25) is 0 Å². The Bertz CT molecular complexity index is 640. The predicted octanol–water partition coefficient (Wildman–Crippen LogP) is 1.38. The number of carbonyl (C=O) groups is 1. The quantitative estimate of drug-likeness (QED) is 0.821. The number of hydrogen-bond donors (Lipinski definition) is 2. The van der Waals surface area contributed by atoms with Gasteiger partial charge in [0.25, 0.3) is 0 Å². The van der Waals surface area contributed by atoms with Gasteiger partial charge in [-0.1, -0.05) is 0 Å². The molecule has 7 heteroatoms. The van der Waals surface area contributed by atoms with E-state index in [1.54, 1.807) is 6.07 Å². The number of fused-ring (bicyclic) bond motifs is 1. The zero-order chi connectivity index (χ0) is 17.9. The van der Waals surface area contributed by atoms with E-state index in [1.165, 1.54) is 38.9 Å². The molecule has 2 N–H and O–H groups in total. The van der Waals surface area contributed by atoms with E-state index in [9.17, 15) is 4.79 Å². The van der Waals surface area contributed by atoms with Gasteiger partial charge in [0.2, 0.25) is 0 Å². The molecular weight excluding hydrogens is 334 g/mol. The number of hydrogen-bond acceptors (Lipinski definition) is 6. The molecule has 7 nitrogen and oxygen atoms in total. The summed E-state index contributed by atoms with van der Waals surface area (Å²) < 4.78 is 10.6. The third-order valence-electron chi connectivity index (χ3n) is 5.65. The maximum atomic E-state index is 11.0. The molecule has 2 saturated heterocycles. The fourth-order valence-corrected chi connectivity index (χ4v) is 4.00. The number of carboxylic acid groups (broad SMARTS) is 1. The third-order valence-corrected chi connectivity index (χ3v) is 5.65. The van der Waals surface area contributed by atoms with Crippen LogP contribution in [0.3, 0.4) is 0 Å². The summed E-state index contributed by atoms with van der Waals surface area (Å²) in [6.07, 6.45) is 2.71. The molecular formula is C19H27N3O4. The Morgan fingerprint density at radius 2 is 1.85 bits per heavy atom. The lowest BCUT2D eigenvalue weighted by Crippen LogP contribution is -2.47. The van der Waals surface area contributed by atoms with Gasteiger partial charge in [-0.2, -0.15) is 0 Å². The van der Waals surface area contributed by atoms with Gasteiger partial charge in [-0.25, -0.2) is 4.79 Å². The van der Waals surface area contributed by atoms with Crippen LogP contribution in [0.25, 0.3) is 0 Å². The summed E-state index contributed by atoms with van der Waals surface area (Å²) in [5, 5.41) is 12.4. The van der Waals surface area contributed by atoms with E-state index in [4.69, 9.17) is 14.6 Å². The maximum absolute atomic E-state index is 11.0. The average molecular weight is 361 g/mol. The highest BCUT2D eigenvalue weighted by atomic mass is 16.7. The average Bonchev–Trinajstić information content (AvgIpc) is 3.11. The monoisotopic (exact) mass is 361 g/mol. The Hall–Kier alpha value is -1.99. The summed E-state index contributed by atoms with van der Waals surface area (Å²) >= 11 is 0. The van der Waals surface area contributed by atoms with E-state index in [1.807, 2.05) is 12.1 Å². The Kier molecular flexibility index (Phi) is 5.17. The highest BCUT2D eigenvalue weighted by Gasteiger charge is 2.31. The van der Waals surface area contributed by atoms with Crippen LogP contribution in [0.4, 0.5) is 5.69 Å². The zero-order valence-electron chi connectivity index (χ0n) is 15.0. The molecule has 0 aliphatic carbocycles. The first-order valence-corrected chi connectivity index (χ1v) is 9.57. The van der Waals surface area contributed by atoms with Crippen LogP contribution in [0.15, 0.2) is 18.2 Å². The van der Waals surface area contributed by atoms with E-state index in [2.05, 4.69) is 15.1 Å². The Morgan fingerprint density at radius 1 is 1.12 bits per heavy atom. The second kappa shape index (κ2) is 7.72. The Labute approximate surface area is 153 Å². The minimum atomic E-state index is -1.23. The first-order valence-electron chi connectivity index (χ1n) is 9.57. The van der Waals surface area contributed by atoms with Crippen LogP contribution in [0.5, 0.6) is 11.5 Å². The molecule has 1 aromatic carbocycles. The number of aliphatic carboxylic acids is 1. The number of rotatable bonds is 5. The van der Waals surface area contributed by atoms with Crippen molar-refractivity contribution in [3.05, 3.63) is 18.2 Å². The van der Waals surface area contributed by atoms with E-state index >= 15 is 0 Å². The SMILES string of the molecule is O=C(O)C1Oc2ccc(N3CCN(CCC4CCNCC4)CC3)cc2O1. The molecule has 1 unspecified atom stereocenters. The van der Waals surface area contributed by atoms with Gasteiger partial charge < -0.3 is 24.8 Å². The van der Waals surface area contributed by atoms with Crippen LogP contribution in [0, 0.1) is 5.92 Å². The van der Waals surface area contributed by atoms with E-state index in [0.717, 1.165) is 37.8 Å². The minimum Gasteiger partial charge on any atom is -0.476 e. The second-order valence-electron chi connectivity index (χ2n) is 7.35. The lowest BCUT2D eigenvalue weighted by Gasteiger charge is -2.37. The smallest absolute Gasteiger partial charge is 0.387 e. The van der Waals surface area contributed by atoms with Crippen molar-refractivity contribution in [2.75, 3.05) is 50.7 Å². The summed E-state index contributed by atoms with van der Waals surface area (Å²) in [7, 11) is 0. The highest BCUT2D eigenvalue weighted by Crippen LogP contribution is 2.38. The molecule has 142 valence electrons. The molecule has 4 rings (SSSR count).